The average molecular weight is 959 g/mol. The van der Waals surface area contributed by atoms with E-state index in [2.05, 4.69) is 32.6 Å². The Bertz CT molecular complexity index is 708. The summed E-state index contributed by atoms with van der Waals surface area (Å²) in [5.41, 5.74) is 0. The molecule has 0 radical (unpaired) electrons. The van der Waals surface area contributed by atoms with Gasteiger partial charge in [0, 0.05) is 26.4 Å². The fourth-order valence-electron chi connectivity index (χ4n) is 10.3. The molecular weight excluding hydrogens is 831 g/mol. The van der Waals surface area contributed by atoms with Crippen molar-refractivity contribution in [3.05, 3.63) is 0 Å². The fraction of sp³-hybridized carbons (Fsp3) is 1.00. The van der Waals surface area contributed by atoms with Crippen molar-refractivity contribution in [1.82, 2.24) is 4.90 Å². The molecule has 0 bridgehead atoms. The Balaban J connectivity index is -0.000000831. The van der Waals surface area contributed by atoms with E-state index in [1.165, 1.54) is 289 Å². The van der Waals surface area contributed by atoms with E-state index in [4.69, 9.17) is 30.9 Å². The monoisotopic (exact) mass is 958 g/mol. The second-order valence-corrected chi connectivity index (χ2v) is 21.1. The molecule has 7 heteroatoms. The van der Waals surface area contributed by atoms with E-state index >= 15 is 0 Å². The zero-order valence-electron chi connectivity index (χ0n) is 46.3. The minimum absolute atomic E-state index is 0.357. The van der Waals surface area contributed by atoms with Crippen LogP contribution in [0.1, 0.15) is 323 Å². The van der Waals surface area contributed by atoms with Crippen LogP contribution in [0.15, 0.2) is 0 Å². The van der Waals surface area contributed by atoms with Gasteiger partial charge in [0.25, 0.3) is 0 Å². The quantitative estimate of drug-likeness (QED) is 0.0207. The summed E-state index contributed by atoms with van der Waals surface area (Å²) in [4.78, 5) is 2.65. The first-order chi connectivity index (χ1) is 33.1. The van der Waals surface area contributed by atoms with Gasteiger partial charge in [-0.2, -0.15) is 0 Å². The molecule has 1 saturated heterocycles. The standard InChI is InChI=1S/C22H45NO2.2C13H28O.2C6H12.H2O2/c24-20-11-5-1-3-7-14-22(15-8-4-2-6-12-21-25)16-13-19-23-17-9-10-18-23;2*1-3-5-7-9-13(11-12-14)10-8-6-4-2;2*1-2-4-6-5-3-1;1-2/h22,24-25H,1-21H2;2*13-14H,3-12H2,1-2H3;2*1-6H2;1-2H. The number of likely N-dealkylation sites (tertiary alicyclic amines) is 1. The maximum atomic E-state index is 8.95. The lowest BCUT2D eigenvalue weighted by atomic mass is 9.90. The Kier molecular flexibility index (Phi) is 69.6. The van der Waals surface area contributed by atoms with Gasteiger partial charge in [0.15, 0.2) is 0 Å². The first-order valence-corrected chi connectivity index (χ1v) is 30.4. The van der Waals surface area contributed by atoms with Crippen LogP contribution >= 0.6 is 0 Å². The molecule has 67 heavy (non-hydrogen) atoms. The highest BCUT2D eigenvalue weighted by Crippen LogP contribution is 2.25. The molecule has 3 aliphatic rings. The Morgan fingerprint density at radius 3 is 0.776 bits per heavy atom. The van der Waals surface area contributed by atoms with Crippen LogP contribution in [0.2, 0.25) is 0 Å². The van der Waals surface area contributed by atoms with Crippen LogP contribution in [0, 0.1) is 17.8 Å². The van der Waals surface area contributed by atoms with Crippen LogP contribution in [-0.2, 0) is 0 Å². The highest BCUT2D eigenvalue weighted by atomic mass is 17.0. The number of hydrogen-bond donors (Lipinski definition) is 6. The summed E-state index contributed by atoms with van der Waals surface area (Å²) in [5.74, 6) is 2.51. The van der Waals surface area contributed by atoms with Crippen molar-refractivity contribution < 1.29 is 30.9 Å². The number of aliphatic hydroxyl groups excluding tert-OH is 4. The lowest BCUT2D eigenvalue weighted by Crippen LogP contribution is -2.21. The summed E-state index contributed by atoms with van der Waals surface area (Å²) in [6.45, 7) is 14.5. The summed E-state index contributed by atoms with van der Waals surface area (Å²) in [7, 11) is 0. The van der Waals surface area contributed by atoms with Crippen molar-refractivity contribution in [3.8, 4) is 0 Å². The Labute approximate surface area is 421 Å². The van der Waals surface area contributed by atoms with Crippen LogP contribution in [0.25, 0.3) is 0 Å². The lowest BCUT2D eigenvalue weighted by molar-refractivity contribution is -0.176. The molecular formula is C60H127NO6. The van der Waals surface area contributed by atoms with Crippen LogP contribution in [0.4, 0.5) is 0 Å². The molecule has 1 aliphatic heterocycles. The maximum Gasteiger partial charge on any atom is 0.0433 e. The second kappa shape index (κ2) is 65.7. The highest BCUT2D eigenvalue weighted by Gasteiger charge is 2.14. The Hall–Kier alpha value is -0.280. The molecule has 0 amide bonds. The third-order valence-electron chi connectivity index (χ3n) is 14.8. The van der Waals surface area contributed by atoms with Gasteiger partial charge in [-0.1, -0.05) is 272 Å². The van der Waals surface area contributed by atoms with E-state index < -0.39 is 0 Å². The van der Waals surface area contributed by atoms with E-state index in [0.717, 1.165) is 43.4 Å². The van der Waals surface area contributed by atoms with Gasteiger partial charge in [-0.25, -0.2) is 0 Å². The zero-order chi connectivity index (χ0) is 49.8. The van der Waals surface area contributed by atoms with Crippen LogP contribution < -0.4 is 0 Å². The van der Waals surface area contributed by atoms with E-state index in [9.17, 15) is 0 Å². The molecule has 1 heterocycles. The number of hydrogen-bond acceptors (Lipinski definition) is 7. The molecule has 0 aromatic rings. The minimum atomic E-state index is 0.357. The Morgan fingerprint density at radius 2 is 0.507 bits per heavy atom. The van der Waals surface area contributed by atoms with Crippen molar-refractivity contribution in [1.29, 1.82) is 0 Å². The fourth-order valence-corrected chi connectivity index (χ4v) is 10.3. The summed E-state index contributed by atoms with van der Waals surface area (Å²) in [6, 6.07) is 0. The SMILES string of the molecule is C1CCCCC1.C1CCCCC1.CCCCCC(CCO)CCCCC.CCCCCC(CCO)CCCCC.OCCCCCCCC(CCCCCCCO)CCCN1CCCC1.OO. The van der Waals surface area contributed by atoms with Gasteiger partial charge in [-0.3, -0.25) is 10.5 Å². The smallest absolute Gasteiger partial charge is 0.0433 e. The van der Waals surface area contributed by atoms with Gasteiger partial charge in [0.1, 0.15) is 0 Å². The van der Waals surface area contributed by atoms with E-state index in [0.29, 0.717) is 26.4 Å². The molecule has 0 unspecified atom stereocenters. The molecule has 0 spiro atoms. The minimum Gasteiger partial charge on any atom is -0.396 e. The van der Waals surface area contributed by atoms with E-state index in [1.807, 2.05) is 0 Å². The molecule has 408 valence electrons. The van der Waals surface area contributed by atoms with Gasteiger partial charge >= 0.3 is 0 Å². The first kappa shape index (κ1) is 71.0. The highest BCUT2D eigenvalue weighted by molar-refractivity contribution is 4.68. The van der Waals surface area contributed by atoms with Gasteiger partial charge in [0.05, 0.1) is 0 Å². The first-order valence-electron chi connectivity index (χ1n) is 30.4. The van der Waals surface area contributed by atoms with Crippen molar-refractivity contribution in [2.45, 2.75) is 323 Å². The van der Waals surface area contributed by atoms with Crippen LogP contribution in [0.3, 0.4) is 0 Å². The van der Waals surface area contributed by atoms with Crippen molar-refractivity contribution in [2.24, 2.45) is 17.8 Å². The molecule has 7 nitrogen and oxygen atoms in total. The zero-order valence-corrected chi connectivity index (χ0v) is 46.3. The van der Waals surface area contributed by atoms with Gasteiger partial charge < -0.3 is 25.3 Å². The van der Waals surface area contributed by atoms with Crippen molar-refractivity contribution in [3.63, 3.8) is 0 Å². The lowest BCUT2D eigenvalue weighted by Gasteiger charge is -2.20. The number of unbranched alkanes of at least 4 members (excludes halogenated alkanes) is 16. The Morgan fingerprint density at radius 1 is 0.269 bits per heavy atom. The van der Waals surface area contributed by atoms with Crippen molar-refractivity contribution in [2.75, 3.05) is 46.1 Å². The normalized spacial score (nSPS) is 14.8. The molecule has 2 saturated carbocycles. The summed E-state index contributed by atoms with van der Waals surface area (Å²) < 4.78 is 0. The number of rotatable bonds is 38. The third-order valence-corrected chi connectivity index (χ3v) is 14.8. The van der Waals surface area contributed by atoms with Gasteiger partial charge in [0.2, 0.25) is 0 Å². The molecule has 0 atom stereocenters. The predicted octanol–water partition coefficient (Wildman–Crippen LogP) is 18.1. The molecule has 3 fully saturated rings. The summed E-state index contributed by atoms with van der Waals surface area (Å²) in [5, 5.41) is 47.6. The van der Waals surface area contributed by atoms with Crippen molar-refractivity contribution >= 4 is 0 Å². The summed E-state index contributed by atoms with van der Waals surface area (Å²) in [6.07, 6.45) is 62.3. The maximum absolute atomic E-state index is 8.95. The molecule has 6 N–H and O–H groups in total. The van der Waals surface area contributed by atoms with Gasteiger partial charge in [-0.05, 0) is 88.8 Å². The molecule has 2 aliphatic carbocycles. The number of aliphatic hydroxyl groups is 4. The predicted molar refractivity (Wildman–Crippen MR) is 296 cm³/mol. The second-order valence-electron chi connectivity index (χ2n) is 21.1. The average Bonchev–Trinajstić information content (AvgIpc) is 3.90. The largest absolute Gasteiger partial charge is 0.396 e. The van der Waals surface area contributed by atoms with E-state index in [-0.39, 0.29) is 0 Å². The number of nitrogens with zero attached hydrogens (tertiary/aromatic N) is 1. The summed E-state index contributed by atoms with van der Waals surface area (Å²) >= 11 is 0. The van der Waals surface area contributed by atoms with E-state index in [1.54, 1.807) is 0 Å². The molecule has 0 aromatic carbocycles. The molecule has 0 aromatic heterocycles. The molecule has 3 rings (SSSR count). The van der Waals surface area contributed by atoms with Crippen LogP contribution in [0.5, 0.6) is 0 Å². The van der Waals surface area contributed by atoms with Crippen LogP contribution in [-0.4, -0.2) is 81.9 Å². The van der Waals surface area contributed by atoms with Gasteiger partial charge in [-0.15, -0.1) is 0 Å². The third kappa shape index (κ3) is 59.9. The topological polar surface area (TPSA) is 125 Å².